The predicted octanol–water partition coefficient (Wildman–Crippen LogP) is 3.75. The van der Waals surface area contributed by atoms with Crippen molar-refractivity contribution in [2.75, 3.05) is 6.54 Å². The molecule has 0 saturated heterocycles. The molecule has 1 saturated carbocycles. The van der Waals surface area contributed by atoms with E-state index in [1.807, 2.05) is 30.3 Å². The summed E-state index contributed by atoms with van der Waals surface area (Å²) in [5, 5.41) is 2.95. The molecule has 3 N–H and O–H groups in total. The second-order valence-corrected chi connectivity index (χ2v) is 9.41. The normalized spacial score (nSPS) is 24.0. The number of carbonyl (C=O) groups is 2. The topological polar surface area (TPSA) is 75.4 Å². The van der Waals surface area contributed by atoms with E-state index in [-0.39, 0.29) is 30.3 Å². The van der Waals surface area contributed by atoms with Crippen LogP contribution in [0.5, 0.6) is 0 Å². The van der Waals surface area contributed by atoms with Crippen LogP contribution in [0.2, 0.25) is 0 Å². The van der Waals surface area contributed by atoms with Gasteiger partial charge in [-0.25, -0.2) is 0 Å². The lowest BCUT2D eigenvalue weighted by atomic mass is 9.70. The van der Waals surface area contributed by atoms with Crippen LogP contribution in [0.25, 0.3) is 0 Å². The highest BCUT2D eigenvalue weighted by atomic mass is 35.5. The standard InChI is InChI=1S/C23H36ClN3O2/c1-15(2)20-11-10-16(3)12-21(20)23(29)27(24)14-19(26-22(28)17(4)25)13-18-8-6-5-7-9-18/h5-9,15-17,19-21H,10-14,25H2,1-4H3,(H,26,28)/t16-,17-,19+,20+,21-/m1/s1. The Morgan fingerprint density at radius 1 is 1.21 bits per heavy atom. The largest absolute Gasteiger partial charge is 0.350 e. The monoisotopic (exact) mass is 421 g/mol. The van der Waals surface area contributed by atoms with E-state index < -0.39 is 6.04 Å². The molecular weight excluding hydrogens is 386 g/mol. The van der Waals surface area contributed by atoms with E-state index in [4.69, 9.17) is 17.5 Å². The first-order valence-electron chi connectivity index (χ1n) is 10.8. The number of nitrogens with zero attached hydrogens (tertiary/aromatic N) is 1. The highest BCUT2D eigenvalue weighted by molar-refractivity contribution is 6.21. The molecule has 0 aromatic heterocycles. The van der Waals surface area contributed by atoms with Gasteiger partial charge in [-0.2, -0.15) is 0 Å². The van der Waals surface area contributed by atoms with Gasteiger partial charge in [0.05, 0.1) is 18.6 Å². The van der Waals surface area contributed by atoms with Crippen molar-refractivity contribution >= 4 is 23.6 Å². The van der Waals surface area contributed by atoms with Crippen LogP contribution >= 0.6 is 11.8 Å². The molecule has 5 atom stereocenters. The minimum Gasteiger partial charge on any atom is -0.350 e. The molecule has 1 aromatic rings. The summed E-state index contributed by atoms with van der Waals surface area (Å²) in [6, 6.07) is 8.96. The molecule has 1 fully saturated rings. The number of amides is 2. The molecule has 1 aromatic carbocycles. The third-order valence-electron chi connectivity index (χ3n) is 6.04. The van der Waals surface area contributed by atoms with Gasteiger partial charge in [0.1, 0.15) is 0 Å². The van der Waals surface area contributed by atoms with Crippen LogP contribution in [0, 0.1) is 23.7 Å². The van der Waals surface area contributed by atoms with Crippen LogP contribution in [0.4, 0.5) is 0 Å². The Morgan fingerprint density at radius 3 is 2.45 bits per heavy atom. The van der Waals surface area contributed by atoms with E-state index in [2.05, 4.69) is 26.1 Å². The van der Waals surface area contributed by atoms with E-state index in [1.54, 1.807) is 6.92 Å². The summed E-state index contributed by atoms with van der Waals surface area (Å²) in [7, 11) is 0. The zero-order chi connectivity index (χ0) is 21.6. The zero-order valence-electron chi connectivity index (χ0n) is 18.1. The van der Waals surface area contributed by atoms with Crippen molar-refractivity contribution in [3.8, 4) is 0 Å². The number of halogens is 1. The maximum Gasteiger partial charge on any atom is 0.240 e. The molecule has 2 amide bonds. The van der Waals surface area contributed by atoms with Crippen LogP contribution < -0.4 is 11.1 Å². The Labute approximate surface area is 180 Å². The molecule has 162 valence electrons. The van der Waals surface area contributed by atoms with E-state index in [0.29, 0.717) is 24.2 Å². The van der Waals surface area contributed by atoms with Crippen LogP contribution in [0.3, 0.4) is 0 Å². The fourth-order valence-corrected chi connectivity index (χ4v) is 4.63. The fourth-order valence-electron chi connectivity index (χ4n) is 4.34. The predicted molar refractivity (Wildman–Crippen MR) is 118 cm³/mol. The van der Waals surface area contributed by atoms with E-state index in [9.17, 15) is 9.59 Å². The van der Waals surface area contributed by atoms with Gasteiger partial charge in [-0.3, -0.25) is 14.0 Å². The maximum absolute atomic E-state index is 13.2. The van der Waals surface area contributed by atoms with E-state index >= 15 is 0 Å². The van der Waals surface area contributed by atoms with Crippen molar-refractivity contribution < 1.29 is 9.59 Å². The van der Waals surface area contributed by atoms with Crippen LogP contribution in [-0.2, 0) is 16.0 Å². The van der Waals surface area contributed by atoms with Gasteiger partial charge in [-0.1, -0.05) is 57.5 Å². The third kappa shape index (κ3) is 7.00. The second-order valence-electron chi connectivity index (χ2n) is 9.00. The molecule has 0 bridgehead atoms. The maximum atomic E-state index is 13.2. The Bertz CT molecular complexity index is 665. The summed E-state index contributed by atoms with van der Waals surface area (Å²) in [5.41, 5.74) is 6.80. The lowest BCUT2D eigenvalue weighted by Gasteiger charge is -2.38. The van der Waals surface area contributed by atoms with Gasteiger partial charge in [-0.05, 0) is 49.5 Å². The van der Waals surface area contributed by atoms with Crippen molar-refractivity contribution in [1.29, 1.82) is 0 Å². The van der Waals surface area contributed by atoms with Gasteiger partial charge < -0.3 is 11.1 Å². The molecule has 6 heteroatoms. The lowest BCUT2D eigenvalue weighted by molar-refractivity contribution is -0.136. The van der Waals surface area contributed by atoms with Crippen molar-refractivity contribution in [3.63, 3.8) is 0 Å². The highest BCUT2D eigenvalue weighted by Gasteiger charge is 2.38. The first-order chi connectivity index (χ1) is 13.7. The van der Waals surface area contributed by atoms with Crippen molar-refractivity contribution in [3.05, 3.63) is 35.9 Å². The smallest absolute Gasteiger partial charge is 0.240 e. The van der Waals surface area contributed by atoms with Gasteiger partial charge in [0.25, 0.3) is 0 Å². The third-order valence-corrected chi connectivity index (χ3v) is 6.35. The molecule has 5 nitrogen and oxygen atoms in total. The van der Waals surface area contributed by atoms with Crippen LogP contribution in [0.15, 0.2) is 30.3 Å². The number of nitrogens with two attached hydrogens (primary N) is 1. The fraction of sp³-hybridized carbons (Fsp3) is 0.652. The first-order valence-corrected chi connectivity index (χ1v) is 11.1. The van der Waals surface area contributed by atoms with Gasteiger partial charge in [-0.15, -0.1) is 0 Å². The quantitative estimate of drug-likeness (QED) is 0.627. The Kier molecular flexibility index (Phi) is 8.97. The Hall–Kier alpha value is -1.59. The SMILES string of the molecule is CC(C)[C@@H]1CC[C@@H](C)C[C@H]1C(=O)N(Cl)C[C@H](Cc1ccccc1)NC(=O)[C@@H](C)N. The van der Waals surface area contributed by atoms with Gasteiger partial charge >= 0.3 is 0 Å². The molecule has 2 rings (SSSR count). The molecule has 29 heavy (non-hydrogen) atoms. The van der Waals surface area contributed by atoms with Gasteiger partial charge in [0.15, 0.2) is 0 Å². The number of carbonyl (C=O) groups excluding carboxylic acids is 2. The average Bonchev–Trinajstić information content (AvgIpc) is 2.67. The van der Waals surface area contributed by atoms with Crippen LogP contribution in [0.1, 0.15) is 52.5 Å². The van der Waals surface area contributed by atoms with Gasteiger partial charge in [0, 0.05) is 17.7 Å². The minimum absolute atomic E-state index is 0.0231. The summed E-state index contributed by atoms with van der Waals surface area (Å²) in [4.78, 5) is 25.4. The van der Waals surface area contributed by atoms with E-state index in [1.165, 1.54) is 4.42 Å². The first kappa shape index (κ1) is 23.7. The molecule has 0 unspecified atom stereocenters. The zero-order valence-corrected chi connectivity index (χ0v) is 18.9. The van der Waals surface area contributed by atoms with Crippen molar-refractivity contribution in [1.82, 2.24) is 9.74 Å². The summed E-state index contributed by atoms with van der Waals surface area (Å²) in [5.74, 6) is 1.00. The minimum atomic E-state index is -0.614. The Morgan fingerprint density at radius 2 is 1.86 bits per heavy atom. The molecule has 0 aliphatic heterocycles. The number of benzene rings is 1. The molecule has 0 spiro atoms. The van der Waals surface area contributed by atoms with Gasteiger partial charge in [0.2, 0.25) is 11.8 Å². The second kappa shape index (κ2) is 11.0. The molecule has 0 heterocycles. The summed E-state index contributed by atoms with van der Waals surface area (Å²) in [6.07, 6.45) is 3.69. The lowest BCUT2D eigenvalue weighted by Crippen LogP contribution is -2.50. The number of nitrogens with one attached hydrogen (secondary N) is 1. The summed E-state index contributed by atoms with van der Waals surface area (Å²) >= 11 is 6.51. The van der Waals surface area contributed by atoms with Crippen molar-refractivity contribution in [2.24, 2.45) is 29.4 Å². The Balaban J connectivity index is 2.10. The summed E-state index contributed by atoms with van der Waals surface area (Å²) in [6.45, 7) is 8.47. The molecule has 1 aliphatic carbocycles. The van der Waals surface area contributed by atoms with Crippen molar-refractivity contribution in [2.45, 2.75) is 65.5 Å². The number of hydrogen-bond acceptors (Lipinski definition) is 3. The number of hydrogen-bond donors (Lipinski definition) is 2. The summed E-state index contributed by atoms with van der Waals surface area (Å²) < 4.78 is 1.30. The molecule has 1 aliphatic rings. The average molecular weight is 422 g/mol. The van der Waals surface area contributed by atoms with Crippen LogP contribution in [-0.4, -0.2) is 34.9 Å². The number of rotatable bonds is 8. The molecule has 0 radical (unpaired) electrons. The highest BCUT2D eigenvalue weighted by Crippen LogP contribution is 2.39. The van der Waals surface area contributed by atoms with E-state index in [0.717, 1.165) is 24.8 Å². The molecular formula is C23H36ClN3O2.